The van der Waals surface area contributed by atoms with E-state index in [9.17, 15) is 14.3 Å². The molecule has 1 saturated carbocycles. The first-order valence-corrected chi connectivity index (χ1v) is 11.5. The van der Waals surface area contributed by atoms with Crippen molar-refractivity contribution in [1.82, 2.24) is 15.0 Å². The number of pyridine rings is 1. The Morgan fingerprint density at radius 1 is 1.20 bits per heavy atom. The fourth-order valence-electron chi connectivity index (χ4n) is 5.32. The number of ether oxygens (including phenoxy) is 1. The molecule has 0 unspecified atom stereocenters. The number of aryl methyl sites for hydroxylation is 1. The number of nitrogens with zero attached hydrogens (tertiary/aromatic N) is 4. The molecule has 4 aromatic rings. The van der Waals surface area contributed by atoms with Crippen molar-refractivity contribution in [3.05, 3.63) is 47.7 Å². The van der Waals surface area contributed by atoms with Crippen molar-refractivity contribution < 1.29 is 23.4 Å². The van der Waals surface area contributed by atoms with Crippen molar-refractivity contribution in [2.45, 2.75) is 26.2 Å². The van der Waals surface area contributed by atoms with Crippen LogP contribution in [0.25, 0.3) is 32.9 Å². The Kier molecular flexibility index (Phi) is 4.67. The summed E-state index contributed by atoms with van der Waals surface area (Å²) in [7, 11) is 1.40. The highest BCUT2D eigenvalue weighted by molar-refractivity contribution is 6.02. The van der Waals surface area contributed by atoms with Crippen LogP contribution in [0, 0.1) is 17.0 Å². The first kappa shape index (κ1) is 21.6. The van der Waals surface area contributed by atoms with E-state index in [2.05, 4.69) is 15.0 Å². The number of carbonyl (C=O) groups excluding carboxylic acids is 1. The van der Waals surface area contributed by atoms with Crippen molar-refractivity contribution in [3.63, 3.8) is 0 Å². The van der Waals surface area contributed by atoms with E-state index in [1.807, 2.05) is 11.8 Å². The third-order valence-corrected chi connectivity index (χ3v) is 7.30. The number of aromatic nitrogens is 3. The number of halogens is 2. The number of fused-ring (bicyclic) bond motifs is 2. The molecule has 2 fully saturated rings. The zero-order chi connectivity index (χ0) is 24.5. The molecular weight excluding hydrogens is 454 g/mol. The molecule has 178 valence electrons. The molecule has 0 radical (unpaired) electrons. The van der Waals surface area contributed by atoms with Crippen molar-refractivity contribution in [2.75, 3.05) is 25.1 Å². The van der Waals surface area contributed by atoms with Crippen LogP contribution >= 0.6 is 0 Å². The number of anilines is 1. The molecule has 1 aliphatic heterocycles. The van der Waals surface area contributed by atoms with Crippen molar-refractivity contribution in [3.8, 4) is 23.0 Å². The van der Waals surface area contributed by atoms with Gasteiger partial charge in [0.2, 0.25) is 0 Å². The zero-order valence-corrected chi connectivity index (χ0v) is 19.2. The van der Waals surface area contributed by atoms with Crippen LogP contribution in [0.2, 0.25) is 0 Å². The summed E-state index contributed by atoms with van der Waals surface area (Å²) in [6.45, 7) is 2.84. The van der Waals surface area contributed by atoms with Crippen LogP contribution in [-0.4, -0.2) is 46.0 Å². The smallest absolute Gasteiger partial charge is 0.318 e. The van der Waals surface area contributed by atoms with Gasteiger partial charge in [0.15, 0.2) is 5.82 Å². The molecule has 35 heavy (non-hydrogen) atoms. The largest absolute Gasteiger partial charge is 0.508 e. The molecule has 0 bridgehead atoms. The number of hydrogen-bond donors (Lipinski definition) is 1. The maximum absolute atomic E-state index is 16.1. The first-order chi connectivity index (χ1) is 16.8. The van der Waals surface area contributed by atoms with Gasteiger partial charge in [-0.1, -0.05) is 13.0 Å². The molecule has 1 N–H and O–H groups in total. The summed E-state index contributed by atoms with van der Waals surface area (Å²) < 4.78 is 35.9. The van der Waals surface area contributed by atoms with Gasteiger partial charge in [-0.25, -0.2) is 8.78 Å². The summed E-state index contributed by atoms with van der Waals surface area (Å²) in [6.07, 6.45) is 3.31. The van der Waals surface area contributed by atoms with Gasteiger partial charge in [-0.2, -0.15) is 9.97 Å². The van der Waals surface area contributed by atoms with Crippen LogP contribution in [0.15, 0.2) is 30.5 Å². The van der Waals surface area contributed by atoms with E-state index in [4.69, 9.17) is 4.74 Å². The number of rotatable bonds is 4. The average molecular weight is 476 g/mol. The second-order valence-corrected chi connectivity index (χ2v) is 9.25. The molecule has 6 rings (SSSR count). The highest BCUT2D eigenvalue weighted by atomic mass is 19.1. The minimum atomic E-state index is -0.724. The molecule has 9 heteroatoms. The molecule has 2 aromatic heterocycles. The van der Waals surface area contributed by atoms with Crippen LogP contribution in [0.4, 0.5) is 14.6 Å². The molecule has 1 aliphatic carbocycles. The molecule has 3 heterocycles. The number of phenols is 1. The van der Waals surface area contributed by atoms with E-state index in [0.717, 1.165) is 6.42 Å². The maximum Gasteiger partial charge on any atom is 0.318 e. The van der Waals surface area contributed by atoms with E-state index in [1.165, 1.54) is 31.5 Å². The molecule has 1 saturated heterocycles. The Balaban J connectivity index is 1.55. The minimum absolute atomic E-state index is 0.00341. The van der Waals surface area contributed by atoms with E-state index < -0.39 is 11.6 Å². The highest BCUT2D eigenvalue weighted by Gasteiger charge is 2.55. The first-order valence-electron chi connectivity index (χ1n) is 11.5. The SMILES string of the molecule is CCc1c(F)ccc2cc(O)cc(-c3ncc4c(N5CC6(CCC6=O)C5)nc(OC)nc4c3F)c12. The van der Waals surface area contributed by atoms with Crippen LogP contribution in [0.5, 0.6) is 11.8 Å². The van der Waals surface area contributed by atoms with Gasteiger partial charge in [0.25, 0.3) is 0 Å². The maximum atomic E-state index is 16.1. The Morgan fingerprint density at radius 2 is 2.00 bits per heavy atom. The number of methoxy groups -OCH3 is 1. The normalized spacial score (nSPS) is 16.6. The van der Waals surface area contributed by atoms with Crippen molar-refractivity contribution >= 4 is 33.3 Å². The Hall–Kier alpha value is -3.88. The third kappa shape index (κ3) is 3.07. The van der Waals surface area contributed by atoms with Gasteiger partial charge < -0.3 is 14.7 Å². The molecule has 0 amide bonds. The van der Waals surface area contributed by atoms with E-state index >= 15 is 4.39 Å². The van der Waals surface area contributed by atoms with Crippen molar-refractivity contribution in [1.29, 1.82) is 0 Å². The van der Waals surface area contributed by atoms with Gasteiger partial charge >= 0.3 is 6.01 Å². The molecule has 7 nitrogen and oxygen atoms in total. The van der Waals surface area contributed by atoms with E-state index in [-0.39, 0.29) is 39.7 Å². The summed E-state index contributed by atoms with van der Waals surface area (Å²) in [4.78, 5) is 27.0. The Labute approximate surface area is 199 Å². The van der Waals surface area contributed by atoms with Crippen LogP contribution in [0.1, 0.15) is 25.3 Å². The number of carbonyl (C=O) groups is 1. The Morgan fingerprint density at radius 3 is 2.66 bits per heavy atom. The van der Waals surface area contributed by atoms with Crippen LogP contribution in [-0.2, 0) is 11.2 Å². The number of Topliss-reactive ketones (excluding diaryl/α,β-unsaturated/α-hetero) is 1. The number of aromatic hydroxyl groups is 1. The highest BCUT2D eigenvalue weighted by Crippen LogP contribution is 2.48. The molecule has 2 aliphatic rings. The molecule has 0 atom stereocenters. The van der Waals surface area contributed by atoms with Crippen molar-refractivity contribution in [2.24, 2.45) is 5.41 Å². The number of phenolic OH excluding ortho intramolecular Hbond substituents is 1. The standard InChI is InChI=1S/C26H22F2N4O3/c1-3-15-18(27)5-4-13-8-14(33)9-16(20(13)15)22-21(28)23-17(10-29-22)24(31-25(30-23)35-2)32-11-26(12-32)7-6-19(26)34/h4-5,8-10,33H,3,6-7,11-12H2,1-2H3. The van der Waals surface area contributed by atoms with Gasteiger partial charge in [-0.05, 0) is 47.4 Å². The lowest BCUT2D eigenvalue weighted by Gasteiger charge is -2.54. The quantitative estimate of drug-likeness (QED) is 0.462. The van der Waals surface area contributed by atoms with Crippen LogP contribution < -0.4 is 9.64 Å². The lowest BCUT2D eigenvalue weighted by atomic mass is 9.62. The van der Waals surface area contributed by atoms with Crippen LogP contribution in [0.3, 0.4) is 0 Å². The van der Waals surface area contributed by atoms with Gasteiger partial charge in [0, 0.05) is 31.3 Å². The second kappa shape index (κ2) is 7.56. The number of ketones is 1. The van der Waals surface area contributed by atoms with Gasteiger partial charge in [-0.15, -0.1) is 0 Å². The molecule has 1 spiro atoms. The van der Waals surface area contributed by atoms with E-state index in [0.29, 0.717) is 53.5 Å². The summed E-state index contributed by atoms with van der Waals surface area (Å²) in [5.74, 6) is -0.509. The lowest BCUT2D eigenvalue weighted by molar-refractivity contribution is -0.140. The van der Waals surface area contributed by atoms with E-state index in [1.54, 1.807) is 6.07 Å². The summed E-state index contributed by atoms with van der Waals surface area (Å²) in [5.41, 5.74) is 0.314. The Bertz CT molecular complexity index is 1550. The summed E-state index contributed by atoms with van der Waals surface area (Å²) in [5, 5.41) is 11.8. The summed E-state index contributed by atoms with van der Waals surface area (Å²) in [6, 6.07) is 5.79. The third-order valence-electron chi connectivity index (χ3n) is 7.30. The lowest BCUT2D eigenvalue weighted by Crippen LogP contribution is -2.65. The topological polar surface area (TPSA) is 88.4 Å². The minimum Gasteiger partial charge on any atom is -0.508 e. The van der Waals surface area contributed by atoms with Gasteiger partial charge in [0.1, 0.15) is 34.4 Å². The molecule has 2 aromatic carbocycles. The number of hydrogen-bond acceptors (Lipinski definition) is 7. The van der Waals surface area contributed by atoms with Gasteiger partial charge in [-0.3, -0.25) is 9.78 Å². The monoisotopic (exact) mass is 476 g/mol. The fourth-order valence-corrected chi connectivity index (χ4v) is 5.32. The average Bonchev–Trinajstić information content (AvgIpc) is 2.82. The predicted octanol–water partition coefficient (Wildman–Crippen LogP) is 4.57. The zero-order valence-electron chi connectivity index (χ0n) is 19.2. The number of benzene rings is 2. The second-order valence-electron chi connectivity index (χ2n) is 9.25. The fraction of sp³-hybridized carbons (Fsp3) is 0.308. The van der Waals surface area contributed by atoms with Gasteiger partial charge in [0.05, 0.1) is 17.9 Å². The summed E-state index contributed by atoms with van der Waals surface area (Å²) >= 11 is 0. The predicted molar refractivity (Wildman–Crippen MR) is 127 cm³/mol. The molecular formula is C26H22F2N4O3.